The lowest BCUT2D eigenvalue weighted by atomic mass is 10.1. The summed E-state index contributed by atoms with van der Waals surface area (Å²) in [6, 6.07) is 0. The van der Waals surface area contributed by atoms with Crippen molar-refractivity contribution in [2.75, 3.05) is 13.2 Å². The molecule has 0 radical (unpaired) electrons. The zero-order chi connectivity index (χ0) is 6.27. The van der Waals surface area contributed by atoms with E-state index < -0.39 is 0 Å². The molecule has 0 amide bonds. The van der Waals surface area contributed by atoms with E-state index in [1.807, 2.05) is 0 Å². The van der Waals surface area contributed by atoms with E-state index in [1.54, 1.807) is 0 Å². The molecule has 1 unspecified atom stereocenters. The summed E-state index contributed by atoms with van der Waals surface area (Å²) in [5.74, 6) is 0. The molecule has 2 heterocycles. The van der Waals surface area contributed by atoms with Crippen molar-refractivity contribution in [2.24, 2.45) is 0 Å². The monoisotopic (exact) mass is 130 g/mol. The number of rotatable bonds is 0. The molecule has 3 atom stereocenters. The minimum absolute atomic E-state index is 0.0231. The summed E-state index contributed by atoms with van der Waals surface area (Å²) in [6.07, 6.45) is 0.726. The SMILES string of the molecule is O[C@@H]1CO[C@@H]2CCOC12. The first-order valence-corrected chi connectivity index (χ1v) is 3.29. The van der Waals surface area contributed by atoms with Crippen molar-refractivity contribution in [1.82, 2.24) is 0 Å². The van der Waals surface area contributed by atoms with E-state index in [1.165, 1.54) is 0 Å². The third-order valence-electron chi connectivity index (χ3n) is 1.94. The molecule has 0 aromatic heterocycles. The molecular weight excluding hydrogens is 120 g/mol. The zero-order valence-corrected chi connectivity index (χ0v) is 5.12. The molecule has 0 saturated carbocycles. The Bertz CT molecular complexity index is 115. The minimum atomic E-state index is -0.377. The Balaban J connectivity index is 2.07. The lowest BCUT2D eigenvalue weighted by Crippen LogP contribution is -2.26. The predicted octanol–water partition coefficient (Wildman–Crippen LogP) is -0.465. The number of hydrogen-bond acceptors (Lipinski definition) is 3. The molecule has 0 aromatic carbocycles. The van der Waals surface area contributed by atoms with Gasteiger partial charge in [-0.1, -0.05) is 0 Å². The van der Waals surface area contributed by atoms with Gasteiger partial charge in [-0.05, 0) is 6.42 Å². The molecule has 0 aromatic rings. The third kappa shape index (κ3) is 0.764. The van der Waals surface area contributed by atoms with Crippen LogP contribution in [-0.4, -0.2) is 36.6 Å². The average molecular weight is 130 g/mol. The number of ether oxygens (including phenoxy) is 2. The van der Waals surface area contributed by atoms with E-state index in [0.717, 1.165) is 13.0 Å². The van der Waals surface area contributed by atoms with Crippen molar-refractivity contribution in [3.05, 3.63) is 0 Å². The summed E-state index contributed by atoms with van der Waals surface area (Å²) in [7, 11) is 0. The summed E-state index contributed by atoms with van der Waals surface area (Å²) < 4.78 is 10.4. The van der Waals surface area contributed by atoms with E-state index in [0.29, 0.717) is 6.61 Å². The third-order valence-corrected chi connectivity index (χ3v) is 1.94. The molecule has 2 aliphatic rings. The largest absolute Gasteiger partial charge is 0.388 e. The van der Waals surface area contributed by atoms with Crippen LogP contribution in [0.4, 0.5) is 0 Å². The molecule has 9 heavy (non-hydrogen) atoms. The Morgan fingerprint density at radius 2 is 2.22 bits per heavy atom. The van der Waals surface area contributed by atoms with Crippen LogP contribution in [0.25, 0.3) is 0 Å². The lowest BCUT2D eigenvalue weighted by molar-refractivity contribution is 0.0187. The highest BCUT2D eigenvalue weighted by atomic mass is 16.6. The fourth-order valence-corrected chi connectivity index (χ4v) is 1.45. The van der Waals surface area contributed by atoms with Gasteiger partial charge in [0.25, 0.3) is 0 Å². The van der Waals surface area contributed by atoms with Crippen LogP contribution in [0.3, 0.4) is 0 Å². The molecule has 3 nitrogen and oxygen atoms in total. The molecule has 2 aliphatic heterocycles. The van der Waals surface area contributed by atoms with Crippen LogP contribution in [0.15, 0.2) is 0 Å². The van der Waals surface area contributed by atoms with Gasteiger partial charge in [0.15, 0.2) is 0 Å². The summed E-state index contributed by atoms with van der Waals surface area (Å²) >= 11 is 0. The molecule has 2 fully saturated rings. The minimum Gasteiger partial charge on any atom is -0.388 e. The van der Waals surface area contributed by atoms with E-state index in [9.17, 15) is 0 Å². The van der Waals surface area contributed by atoms with Crippen molar-refractivity contribution in [3.63, 3.8) is 0 Å². The van der Waals surface area contributed by atoms with E-state index in [2.05, 4.69) is 0 Å². The molecule has 0 aliphatic carbocycles. The Morgan fingerprint density at radius 1 is 1.33 bits per heavy atom. The van der Waals surface area contributed by atoms with Gasteiger partial charge >= 0.3 is 0 Å². The molecule has 0 spiro atoms. The Kier molecular flexibility index (Phi) is 1.22. The molecule has 2 saturated heterocycles. The number of aliphatic hydroxyl groups excluding tert-OH is 1. The van der Waals surface area contributed by atoms with Crippen molar-refractivity contribution in [2.45, 2.75) is 24.7 Å². The predicted molar refractivity (Wildman–Crippen MR) is 30.1 cm³/mol. The van der Waals surface area contributed by atoms with Crippen molar-refractivity contribution in [1.29, 1.82) is 0 Å². The highest BCUT2D eigenvalue weighted by molar-refractivity contribution is 4.88. The summed E-state index contributed by atoms with van der Waals surface area (Å²) in [5.41, 5.74) is 0. The van der Waals surface area contributed by atoms with Crippen LogP contribution in [0.2, 0.25) is 0 Å². The summed E-state index contributed by atoms with van der Waals surface area (Å²) in [6.45, 7) is 1.20. The second-order valence-corrected chi connectivity index (χ2v) is 2.56. The van der Waals surface area contributed by atoms with Gasteiger partial charge in [0.1, 0.15) is 12.2 Å². The van der Waals surface area contributed by atoms with Gasteiger partial charge < -0.3 is 14.6 Å². The molecule has 1 N–H and O–H groups in total. The second-order valence-electron chi connectivity index (χ2n) is 2.56. The fourth-order valence-electron chi connectivity index (χ4n) is 1.45. The van der Waals surface area contributed by atoms with Gasteiger partial charge in [0, 0.05) is 6.61 Å². The maximum Gasteiger partial charge on any atom is 0.112 e. The fraction of sp³-hybridized carbons (Fsp3) is 1.00. The van der Waals surface area contributed by atoms with Gasteiger partial charge in [-0.3, -0.25) is 0 Å². The number of fused-ring (bicyclic) bond motifs is 1. The summed E-state index contributed by atoms with van der Waals surface area (Å²) in [4.78, 5) is 0. The smallest absolute Gasteiger partial charge is 0.112 e. The number of aliphatic hydroxyl groups is 1. The van der Waals surface area contributed by atoms with Crippen molar-refractivity contribution < 1.29 is 14.6 Å². The first-order valence-electron chi connectivity index (χ1n) is 3.29. The van der Waals surface area contributed by atoms with Crippen LogP contribution in [0.1, 0.15) is 6.42 Å². The van der Waals surface area contributed by atoms with Gasteiger partial charge in [-0.15, -0.1) is 0 Å². The normalized spacial score (nSPS) is 49.7. The zero-order valence-electron chi connectivity index (χ0n) is 5.12. The molecule has 0 bridgehead atoms. The van der Waals surface area contributed by atoms with Crippen molar-refractivity contribution >= 4 is 0 Å². The topological polar surface area (TPSA) is 38.7 Å². The molecular formula is C6H10O3. The van der Waals surface area contributed by atoms with Gasteiger partial charge in [-0.2, -0.15) is 0 Å². The molecule has 2 rings (SSSR count). The Hall–Kier alpha value is -0.120. The van der Waals surface area contributed by atoms with Crippen LogP contribution < -0.4 is 0 Å². The van der Waals surface area contributed by atoms with E-state index >= 15 is 0 Å². The number of hydrogen-bond donors (Lipinski definition) is 1. The van der Waals surface area contributed by atoms with E-state index in [4.69, 9.17) is 14.6 Å². The standard InChI is InChI=1S/C6H10O3/c7-4-3-9-5-1-2-8-6(4)5/h4-7H,1-3H2/t4-,5-,6?/m1/s1. The van der Waals surface area contributed by atoms with Gasteiger partial charge in [-0.25, -0.2) is 0 Å². The molecule has 3 heteroatoms. The van der Waals surface area contributed by atoms with Crippen LogP contribution in [0.5, 0.6) is 0 Å². The quantitative estimate of drug-likeness (QED) is 0.482. The van der Waals surface area contributed by atoms with Gasteiger partial charge in [0.05, 0.1) is 12.7 Å². The highest BCUT2D eigenvalue weighted by Crippen LogP contribution is 2.25. The van der Waals surface area contributed by atoms with Gasteiger partial charge in [0.2, 0.25) is 0 Å². The summed E-state index contributed by atoms with van der Waals surface area (Å²) in [5, 5.41) is 9.15. The Morgan fingerprint density at radius 3 is 3.00 bits per heavy atom. The highest BCUT2D eigenvalue weighted by Gasteiger charge is 2.40. The Labute approximate surface area is 53.6 Å². The first-order chi connectivity index (χ1) is 4.38. The van der Waals surface area contributed by atoms with Crippen molar-refractivity contribution in [3.8, 4) is 0 Å². The van der Waals surface area contributed by atoms with Crippen LogP contribution >= 0.6 is 0 Å². The maximum atomic E-state index is 9.15. The molecule has 52 valence electrons. The van der Waals surface area contributed by atoms with Crippen LogP contribution in [0, 0.1) is 0 Å². The second kappa shape index (κ2) is 1.94. The van der Waals surface area contributed by atoms with E-state index in [-0.39, 0.29) is 18.3 Å². The maximum absolute atomic E-state index is 9.15. The first kappa shape index (κ1) is 5.65. The van der Waals surface area contributed by atoms with Crippen LogP contribution in [-0.2, 0) is 9.47 Å². The lowest BCUT2D eigenvalue weighted by Gasteiger charge is -2.08. The average Bonchev–Trinajstić information content (AvgIpc) is 2.35.